The summed E-state index contributed by atoms with van der Waals surface area (Å²) in [6, 6.07) is 10.9. The lowest BCUT2D eigenvalue weighted by Crippen LogP contribution is -2.08. The first kappa shape index (κ1) is 15.2. The monoisotopic (exact) mass is 304 g/mol. The Balaban J connectivity index is 2.09. The van der Waals surface area contributed by atoms with Gasteiger partial charge in [-0.05, 0) is 42.3 Å². The van der Waals surface area contributed by atoms with E-state index in [0.717, 1.165) is 22.5 Å². The summed E-state index contributed by atoms with van der Waals surface area (Å²) in [5.74, 6) is -0.0238. The van der Waals surface area contributed by atoms with Gasteiger partial charge in [0.2, 0.25) is 5.91 Å². The minimum Gasteiger partial charge on any atom is -0.506 e. The second kappa shape index (κ2) is 6.50. The first-order valence-electron chi connectivity index (χ1n) is 6.55. The van der Waals surface area contributed by atoms with Crippen molar-refractivity contribution in [1.82, 2.24) is 0 Å². The minimum atomic E-state index is -0.0967. The van der Waals surface area contributed by atoms with Crippen molar-refractivity contribution in [2.24, 2.45) is 0 Å². The van der Waals surface area contributed by atoms with Crippen LogP contribution in [0.5, 0.6) is 5.75 Å². The maximum Gasteiger partial charge on any atom is 0.221 e. The van der Waals surface area contributed by atoms with E-state index in [1.807, 2.05) is 25.1 Å². The van der Waals surface area contributed by atoms with Crippen LogP contribution >= 0.6 is 11.6 Å². The molecule has 0 saturated heterocycles. The number of amides is 1. The highest BCUT2D eigenvalue weighted by Crippen LogP contribution is 2.25. The number of aryl methyl sites for hydroxylation is 1. The molecule has 2 aromatic rings. The van der Waals surface area contributed by atoms with Crippen LogP contribution in [0, 0.1) is 6.92 Å². The fourth-order valence-corrected chi connectivity index (χ4v) is 2.12. The van der Waals surface area contributed by atoms with Gasteiger partial charge in [-0.15, -0.1) is 0 Å². The van der Waals surface area contributed by atoms with E-state index in [1.54, 1.807) is 18.2 Å². The molecule has 2 aromatic carbocycles. The van der Waals surface area contributed by atoms with Crippen LogP contribution in [0.2, 0.25) is 5.02 Å². The molecule has 0 aliphatic carbocycles. The van der Waals surface area contributed by atoms with Gasteiger partial charge in [0.1, 0.15) is 5.75 Å². The molecule has 0 unspecified atom stereocenters. The van der Waals surface area contributed by atoms with Gasteiger partial charge in [0.25, 0.3) is 0 Å². The highest BCUT2D eigenvalue weighted by atomic mass is 35.5. The first-order valence-corrected chi connectivity index (χ1v) is 6.93. The van der Waals surface area contributed by atoms with Gasteiger partial charge in [-0.2, -0.15) is 0 Å². The molecule has 2 rings (SSSR count). The maximum absolute atomic E-state index is 11.2. The molecule has 0 saturated carbocycles. The summed E-state index contributed by atoms with van der Waals surface area (Å²) in [6.45, 7) is 4.00. The number of nitrogens with one attached hydrogen (secondary N) is 2. The van der Waals surface area contributed by atoms with Gasteiger partial charge in [0.15, 0.2) is 0 Å². The number of phenolic OH excluding ortho intramolecular Hbond substituents is 1. The highest BCUT2D eigenvalue weighted by Gasteiger charge is 2.03. The largest absolute Gasteiger partial charge is 0.506 e. The molecule has 21 heavy (non-hydrogen) atoms. The summed E-state index contributed by atoms with van der Waals surface area (Å²) in [4.78, 5) is 11.2. The van der Waals surface area contributed by atoms with Gasteiger partial charge in [-0.3, -0.25) is 4.79 Å². The summed E-state index contributed by atoms with van der Waals surface area (Å²) >= 11 is 5.87. The van der Waals surface area contributed by atoms with Crippen LogP contribution in [-0.2, 0) is 11.3 Å². The number of hydrogen-bond acceptors (Lipinski definition) is 3. The van der Waals surface area contributed by atoms with Crippen molar-refractivity contribution in [3.05, 3.63) is 52.5 Å². The molecule has 0 aliphatic heterocycles. The lowest BCUT2D eigenvalue weighted by molar-refractivity contribution is -0.114. The molecule has 0 heterocycles. The van der Waals surface area contributed by atoms with E-state index >= 15 is 0 Å². The molecule has 0 bridgehead atoms. The van der Waals surface area contributed by atoms with Crippen molar-refractivity contribution < 1.29 is 9.90 Å². The van der Waals surface area contributed by atoms with E-state index in [9.17, 15) is 9.90 Å². The Bertz CT molecular complexity index is 671. The van der Waals surface area contributed by atoms with Crippen molar-refractivity contribution >= 4 is 28.9 Å². The summed E-state index contributed by atoms with van der Waals surface area (Å²) in [6.07, 6.45) is 0. The standard InChI is InChI=1S/C16H17ClN2O2/c1-10-3-5-13(8-15(10)19-11(2)20)18-9-12-4-6-16(21)14(17)7-12/h3-8,18,21H,9H2,1-2H3,(H,19,20). The average molecular weight is 305 g/mol. The SMILES string of the molecule is CC(=O)Nc1cc(NCc2ccc(O)c(Cl)c2)ccc1C. The third kappa shape index (κ3) is 4.13. The Morgan fingerprint density at radius 2 is 2.00 bits per heavy atom. The average Bonchev–Trinajstić information content (AvgIpc) is 2.43. The topological polar surface area (TPSA) is 61.4 Å². The van der Waals surface area contributed by atoms with Crippen molar-refractivity contribution in [2.45, 2.75) is 20.4 Å². The van der Waals surface area contributed by atoms with E-state index in [1.165, 1.54) is 6.92 Å². The second-order valence-electron chi connectivity index (χ2n) is 4.85. The molecule has 0 radical (unpaired) electrons. The van der Waals surface area contributed by atoms with Crippen molar-refractivity contribution in [2.75, 3.05) is 10.6 Å². The Labute approximate surface area is 128 Å². The molecule has 4 nitrogen and oxygen atoms in total. The van der Waals surface area contributed by atoms with Gasteiger partial charge in [0, 0.05) is 24.8 Å². The van der Waals surface area contributed by atoms with Gasteiger partial charge in [-0.1, -0.05) is 23.7 Å². The Morgan fingerprint density at radius 3 is 2.67 bits per heavy atom. The van der Waals surface area contributed by atoms with Gasteiger partial charge >= 0.3 is 0 Å². The number of anilines is 2. The van der Waals surface area contributed by atoms with Crippen LogP contribution in [0.4, 0.5) is 11.4 Å². The highest BCUT2D eigenvalue weighted by molar-refractivity contribution is 6.32. The number of rotatable bonds is 4. The summed E-state index contributed by atoms with van der Waals surface area (Å²) in [5, 5.41) is 15.8. The van der Waals surface area contributed by atoms with E-state index in [-0.39, 0.29) is 11.7 Å². The lowest BCUT2D eigenvalue weighted by Gasteiger charge is -2.11. The number of halogens is 1. The summed E-state index contributed by atoms with van der Waals surface area (Å²) in [7, 11) is 0. The second-order valence-corrected chi connectivity index (χ2v) is 5.26. The number of phenols is 1. The van der Waals surface area contributed by atoms with Gasteiger partial charge < -0.3 is 15.7 Å². The molecule has 0 spiro atoms. The number of carbonyl (C=O) groups is 1. The Morgan fingerprint density at radius 1 is 1.24 bits per heavy atom. The smallest absolute Gasteiger partial charge is 0.221 e. The first-order chi connectivity index (χ1) is 9.95. The molecule has 0 fully saturated rings. The lowest BCUT2D eigenvalue weighted by atomic mass is 10.1. The zero-order valence-corrected chi connectivity index (χ0v) is 12.7. The van der Waals surface area contributed by atoms with Crippen LogP contribution < -0.4 is 10.6 Å². The summed E-state index contributed by atoms with van der Waals surface area (Å²) < 4.78 is 0. The normalized spacial score (nSPS) is 10.2. The number of benzene rings is 2. The number of hydrogen-bond donors (Lipinski definition) is 3. The van der Waals surface area contributed by atoms with Crippen molar-refractivity contribution in [3.63, 3.8) is 0 Å². The quantitative estimate of drug-likeness (QED) is 0.802. The fourth-order valence-electron chi connectivity index (χ4n) is 1.92. The van der Waals surface area contributed by atoms with Crippen LogP contribution in [0.15, 0.2) is 36.4 Å². The van der Waals surface area contributed by atoms with E-state index in [0.29, 0.717) is 11.6 Å². The van der Waals surface area contributed by atoms with E-state index in [2.05, 4.69) is 10.6 Å². The van der Waals surface area contributed by atoms with E-state index in [4.69, 9.17) is 11.6 Å². The van der Waals surface area contributed by atoms with Crippen molar-refractivity contribution in [3.8, 4) is 5.75 Å². The maximum atomic E-state index is 11.2. The van der Waals surface area contributed by atoms with E-state index < -0.39 is 0 Å². The van der Waals surface area contributed by atoms with Crippen LogP contribution in [0.25, 0.3) is 0 Å². The molecule has 110 valence electrons. The zero-order valence-electron chi connectivity index (χ0n) is 11.9. The predicted molar refractivity (Wildman–Crippen MR) is 85.9 cm³/mol. The molecule has 5 heteroatoms. The van der Waals surface area contributed by atoms with Crippen LogP contribution in [-0.4, -0.2) is 11.0 Å². The molecule has 1 amide bonds. The number of carbonyl (C=O) groups excluding carboxylic acids is 1. The fraction of sp³-hybridized carbons (Fsp3) is 0.188. The minimum absolute atomic E-state index is 0.0729. The third-order valence-corrected chi connectivity index (χ3v) is 3.36. The number of aromatic hydroxyl groups is 1. The molecular weight excluding hydrogens is 288 g/mol. The molecule has 3 N–H and O–H groups in total. The molecular formula is C16H17ClN2O2. The molecule has 0 aromatic heterocycles. The van der Waals surface area contributed by atoms with Crippen LogP contribution in [0.1, 0.15) is 18.1 Å². The Kier molecular flexibility index (Phi) is 4.70. The molecule has 0 atom stereocenters. The van der Waals surface area contributed by atoms with Crippen LogP contribution in [0.3, 0.4) is 0 Å². The predicted octanol–water partition coefficient (Wildman–Crippen LogP) is 3.92. The van der Waals surface area contributed by atoms with Gasteiger partial charge in [0.05, 0.1) is 5.02 Å². The third-order valence-electron chi connectivity index (χ3n) is 3.06. The van der Waals surface area contributed by atoms with Gasteiger partial charge in [-0.25, -0.2) is 0 Å². The zero-order chi connectivity index (χ0) is 15.4. The molecule has 0 aliphatic rings. The Hall–Kier alpha value is -2.20. The van der Waals surface area contributed by atoms with Crippen molar-refractivity contribution in [1.29, 1.82) is 0 Å². The summed E-state index contributed by atoms with van der Waals surface area (Å²) in [5.41, 5.74) is 3.65.